The van der Waals surface area contributed by atoms with Gasteiger partial charge in [-0.15, -0.1) is 13.2 Å². The first-order valence-electron chi connectivity index (χ1n) is 7.77. The minimum Gasteiger partial charge on any atom is -0.469 e. The lowest BCUT2D eigenvalue weighted by Gasteiger charge is -2.15. The number of methoxy groups -OCH3 is 2. The van der Waals surface area contributed by atoms with Crippen LogP contribution in [0.2, 0.25) is 0 Å². The van der Waals surface area contributed by atoms with Crippen LogP contribution in [0.1, 0.15) is 6.42 Å². The number of ether oxygens (including phenoxy) is 3. The summed E-state index contributed by atoms with van der Waals surface area (Å²) in [5, 5.41) is 3.98. The normalized spacial score (nSPS) is 11.8. The predicted molar refractivity (Wildman–Crippen MR) is 95.2 cm³/mol. The SMILES string of the molecule is COC(=O)CC(=O)N[C@H](CSC(=O)Nc1ccc(OC(F)(F)F)cc1)C(=O)OC. The van der Waals surface area contributed by atoms with Gasteiger partial charge >= 0.3 is 18.3 Å². The largest absolute Gasteiger partial charge is 0.573 e. The molecule has 9 nitrogen and oxygen atoms in total. The summed E-state index contributed by atoms with van der Waals surface area (Å²) < 4.78 is 48.9. The van der Waals surface area contributed by atoms with Gasteiger partial charge in [0.15, 0.2) is 0 Å². The predicted octanol–water partition coefficient (Wildman–Crippen LogP) is 2.07. The zero-order valence-electron chi connectivity index (χ0n) is 15.2. The maximum atomic E-state index is 12.1. The third kappa shape index (κ3) is 9.69. The molecule has 0 aliphatic rings. The van der Waals surface area contributed by atoms with E-state index in [0.29, 0.717) is 11.8 Å². The number of thioether (sulfide) groups is 1. The molecule has 2 N–H and O–H groups in total. The molecule has 0 unspecified atom stereocenters. The van der Waals surface area contributed by atoms with E-state index in [1.165, 1.54) is 12.1 Å². The van der Waals surface area contributed by atoms with E-state index in [2.05, 4.69) is 24.8 Å². The van der Waals surface area contributed by atoms with Crippen molar-refractivity contribution in [2.45, 2.75) is 18.8 Å². The molecule has 0 heterocycles. The number of esters is 2. The highest BCUT2D eigenvalue weighted by atomic mass is 32.2. The molecule has 1 atom stereocenters. The number of nitrogens with one attached hydrogen (secondary N) is 2. The van der Waals surface area contributed by atoms with Crippen molar-refractivity contribution in [2.75, 3.05) is 25.3 Å². The van der Waals surface area contributed by atoms with Gasteiger partial charge in [-0.2, -0.15) is 0 Å². The molecule has 0 aliphatic carbocycles. The Labute approximate surface area is 167 Å². The van der Waals surface area contributed by atoms with E-state index in [-0.39, 0.29) is 11.4 Å². The number of halogens is 3. The molecule has 1 aromatic rings. The quantitative estimate of drug-likeness (QED) is 0.468. The number of hydrogen-bond donors (Lipinski definition) is 2. The first-order chi connectivity index (χ1) is 13.5. The molecule has 0 saturated carbocycles. The van der Waals surface area contributed by atoms with Crippen molar-refractivity contribution >= 4 is 40.5 Å². The molecule has 29 heavy (non-hydrogen) atoms. The van der Waals surface area contributed by atoms with Crippen LogP contribution in [0.4, 0.5) is 23.7 Å². The van der Waals surface area contributed by atoms with Crippen molar-refractivity contribution in [3.8, 4) is 5.75 Å². The molecule has 0 fully saturated rings. The Morgan fingerprint density at radius 2 is 1.69 bits per heavy atom. The highest BCUT2D eigenvalue weighted by molar-refractivity contribution is 8.13. The summed E-state index contributed by atoms with van der Waals surface area (Å²) in [5.74, 6) is -3.12. The fraction of sp³-hybridized carbons (Fsp3) is 0.375. The third-order valence-electron chi connectivity index (χ3n) is 3.07. The van der Waals surface area contributed by atoms with Crippen molar-refractivity contribution in [1.82, 2.24) is 5.32 Å². The molecule has 0 saturated heterocycles. The number of hydrogen-bond acceptors (Lipinski definition) is 8. The summed E-state index contributed by atoms with van der Waals surface area (Å²) in [5.41, 5.74) is 0.182. The summed E-state index contributed by atoms with van der Waals surface area (Å²) >= 11 is 0.611. The van der Waals surface area contributed by atoms with E-state index in [1.807, 2.05) is 0 Å². The number of carbonyl (C=O) groups is 4. The van der Waals surface area contributed by atoms with Crippen molar-refractivity contribution in [3.63, 3.8) is 0 Å². The second-order valence-corrected chi connectivity index (χ2v) is 6.18. The summed E-state index contributed by atoms with van der Waals surface area (Å²) in [6, 6.07) is 3.19. The van der Waals surface area contributed by atoms with Crippen molar-refractivity contribution in [3.05, 3.63) is 24.3 Å². The fourth-order valence-electron chi connectivity index (χ4n) is 1.81. The minimum absolute atomic E-state index is 0.182. The molecule has 0 aromatic heterocycles. The van der Waals surface area contributed by atoms with E-state index in [9.17, 15) is 32.3 Å². The van der Waals surface area contributed by atoms with Crippen molar-refractivity contribution in [1.29, 1.82) is 0 Å². The summed E-state index contributed by atoms with van der Waals surface area (Å²) in [4.78, 5) is 46.4. The molecule has 13 heteroatoms. The molecular formula is C16H17F3N2O7S. The van der Waals surface area contributed by atoms with Crippen LogP contribution >= 0.6 is 11.8 Å². The van der Waals surface area contributed by atoms with E-state index in [1.54, 1.807) is 0 Å². The zero-order chi connectivity index (χ0) is 22.0. The van der Waals surface area contributed by atoms with Crippen LogP contribution in [-0.2, 0) is 23.9 Å². The number of amides is 2. The Morgan fingerprint density at radius 3 is 2.21 bits per heavy atom. The zero-order valence-corrected chi connectivity index (χ0v) is 16.0. The molecule has 0 radical (unpaired) electrons. The fourth-order valence-corrected chi connectivity index (χ4v) is 2.54. The Morgan fingerprint density at radius 1 is 1.07 bits per heavy atom. The number of benzene rings is 1. The Balaban J connectivity index is 2.59. The Kier molecular flexibility index (Phi) is 9.25. The Bertz CT molecular complexity index is 741. The van der Waals surface area contributed by atoms with E-state index in [0.717, 1.165) is 26.4 Å². The van der Waals surface area contributed by atoms with Gasteiger partial charge in [-0.1, -0.05) is 11.8 Å². The van der Waals surface area contributed by atoms with Gasteiger partial charge in [0.1, 0.15) is 18.2 Å². The highest BCUT2D eigenvalue weighted by Crippen LogP contribution is 2.24. The Hall–Kier alpha value is -2.96. The van der Waals surface area contributed by atoms with Crippen LogP contribution in [0.3, 0.4) is 0 Å². The number of rotatable bonds is 8. The van der Waals surface area contributed by atoms with Gasteiger partial charge in [-0.25, -0.2) is 4.79 Å². The van der Waals surface area contributed by atoms with Gasteiger partial charge in [0.05, 0.1) is 14.2 Å². The monoisotopic (exact) mass is 438 g/mol. The summed E-state index contributed by atoms with van der Waals surface area (Å²) in [6.45, 7) is 0. The highest BCUT2D eigenvalue weighted by Gasteiger charge is 2.31. The van der Waals surface area contributed by atoms with Crippen LogP contribution in [-0.4, -0.2) is 55.5 Å². The summed E-state index contributed by atoms with van der Waals surface area (Å²) in [6.07, 6.45) is -5.45. The topological polar surface area (TPSA) is 120 Å². The van der Waals surface area contributed by atoms with Gasteiger partial charge in [-0.3, -0.25) is 14.4 Å². The number of carbonyl (C=O) groups excluding carboxylic acids is 4. The first-order valence-corrected chi connectivity index (χ1v) is 8.76. The lowest BCUT2D eigenvalue weighted by molar-refractivity contribution is -0.274. The van der Waals surface area contributed by atoms with Gasteiger partial charge < -0.3 is 24.8 Å². The summed E-state index contributed by atoms with van der Waals surface area (Å²) in [7, 11) is 2.17. The number of alkyl halides is 3. The van der Waals surface area contributed by atoms with Gasteiger partial charge in [0, 0.05) is 11.4 Å². The molecule has 160 valence electrons. The first kappa shape index (κ1) is 24.1. The second-order valence-electron chi connectivity index (χ2n) is 5.19. The lowest BCUT2D eigenvalue weighted by Crippen LogP contribution is -2.44. The van der Waals surface area contributed by atoms with Crippen molar-refractivity contribution in [2.24, 2.45) is 0 Å². The van der Waals surface area contributed by atoms with Crippen LogP contribution < -0.4 is 15.4 Å². The maximum absolute atomic E-state index is 12.1. The van der Waals surface area contributed by atoms with E-state index in [4.69, 9.17) is 0 Å². The van der Waals surface area contributed by atoms with Crippen LogP contribution in [0, 0.1) is 0 Å². The third-order valence-corrected chi connectivity index (χ3v) is 3.93. The second kappa shape index (κ2) is 11.1. The molecule has 1 aromatic carbocycles. The molecule has 2 amide bonds. The molecular weight excluding hydrogens is 421 g/mol. The van der Waals surface area contributed by atoms with E-state index < -0.39 is 47.7 Å². The average molecular weight is 438 g/mol. The number of anilines is 1. The van der Waals surface area contributed by atoms with Crippen LogP contribution in [0.5, 0.6) is 5.75 Å². The van der Waals surface area contributed by atoms with Gasteiger partial charge in [0.25, 0.3) is 5.24 Å². The molecule has 0 spiro atoms. The molecule has 0 aliphatic heterocycles. The lowest BCUT2D eigenvalue weighted by atomic mass is 10.3. The molecule has 0 bridgehead atoms. The molecule has 1 rings (SSSR count). The average Bonchev–Trinajstić information content (AvgIpc) is 2.64. The van der Waals surface area contributed by atoms with Crippen LogP contribution in [0.15, 0.2) is 24.3 Å². The minimum atomic E-state index is -4.83. The maximum Gasteiger partial charge on any atom is 0.573 e. The van der Waals surface area contributed by atoms with Crippen LogP contribution in [0.25, 0.3) is 0 Å². The van der Waals surface area contributed by atoms with Gasteiger partial charge in [0.2, 0.25) is 5.91 Å². The van der Waals surface area contributed by atoms with Gasteiger partial charge in [-0.05, 0) is 24.3 Å². The van der Waals surface area contributed by atoms with E-state index >= 15 is 0 Å². The standard InChI is InChI=1S/C16H17F3N2O7S/c1-26-13(23)7-12(22)21-11(14(24)27-2)8-29-15(25)20-9-3-5-10(6-4-9)28-16(17,18)19/h3-6,11H,7-8H2,1-2H3,(H,20,25)(H,21,22)/t11-/m1/s1. The van der Waals surface area contributed by atoms with Crippen molar-refractivity contribution < 1.29 is 46.6 Å². The smallest absolute Gasteiger partial charge is 0.469 e.